The first-order valence-corrected chi connectivity index (χ1v) is 7.69. The first kappa shape index (κ1) is 17.3. The summed E-state index contributed by atoms with van der Waals surface area (Å²) in [5, 5.41) is 13.4. The van der Waals surface area contributed by atoms with Crippen molar-refractivity contribution in [1.82, 2.24) is 9.78 Å². The average Bonchev–Trinajstić information content (AvgIpc) is 2.95. The van der Waals surface area contributed by atoms with Gasteiger partial charge in [0.25, 0.3) is 0 Å². The molecule has 3 nitrogen and oxygen atoms in total. The summed E-state index contributed by atoms with van der Waals surface area (Å²) in [7, 11) is 0. The fraction of sp³-hybridized carbons (Fsp3) is 0.0588. The Morgan fingerprint density at radius 3 is 2.28 bits per heavy atom. The van der Waals surface area contributed by atoms with Crippen LogP contribution in [0.4, 0.5) is 13.2 Å². The Morgan fingerprint density at radius 2 is 1.72 bits per heavy atom. The largest absolute Gasteiger partial charge is 0.435 e. The smallest absolute Gasteiger partial charge is 0.222 e. The van der Waals surface area contributed by atoms with E-state index in [0.29, 0.717) is 5.69 Å². The second-order valence-corrected chi connectivity index (χ2v) is 5.90. The number of nitrogens with zero attached hydrogens (tertiary/aromatic N) is 3. The average molecular weight is 382 g/mol. The van der Waals surface area contributed by atoms with Crippen LogP contribution >= 0.6 is 23.2 Å². The van der Waals surface area contributed by atoms with Gasteiger partial charge in [-0.25, -0.2) is 4.68 Å². The molecule has 0 amide bonds. The quantitative estimate of drug-likeness (QED) is 0.568. The Morgan fingerprint density at radius 1 is 1.04 bits per heavy atom. The van der Waals surface area contributed by atoms with Crippen LogP contribution < -0.4 is 0 Å². The van der Waals surface area contributed by atoms with E-state index >= 15 is 0 Å². The van der Waals surface area contributed by atoms with Gasteiger partial charge < -0.3 is 0 Å². The third-order valence-electron chi connectivity index (χ3n) is 3.46. The molecular weight excluding hydrogens is 374 g/mol. The van der Waals surface area contributed by atoms with Crippen LogP contribution in [0.3, 0.4) is 0 Å². The molecule has 0 unspecified atom stereocenters. The molecule has 0 saturated heterocycles. The Hall–Kier alpha value is -2.49. The third-order valence-corrected chi connectivity index (χ3v) is 4.01. The first-order valence-electron chi connectivity index (χ1n) is 6.94. The van der Waals surface area contributed by atoms with Gasteiger partial charge in [-0.15, -0.1) is 0 Å². The molecule has 0 fully saturated rings. The number of para-hydroxylation sites is 1. The van der Waals surface area contributed by atoms with Crippen molar-refractivity contribution in [2.75, 3.05) is 0 Å². The van der Waals surface area contributed by atoms with Crippen molar-refractivity contribution >= 4 is 23.2 Å². The minimum atomic E-state index is -4.76. The Kier molecular flexibility index (Phi) is 4.46. The zero-order chi connectivity index (χ0) is 18.2. The molecule has 2 aromatic carbocycles. The van der Waals surface area contributed by atoms with Gasteiger partial charge in [0.2, 0.25) is 0 Å². The van der Waals surface area contributed by atoms with Gasteiger partial charge in [-0.1, -0.05) is 47.5 Å². The molecule has 0 atom stereocenters. The van der Waals surface area contributed by atoms with Crippen molar-refractivity contribution in [2.45, 2.75) is 6.18 Å². The maximum Gasteiger partial charge on any atom is 0.435 e. The number of benzene rings is 2. The summed E-state index contributed by atoms with van der Waals surface area (Å²) in [6.45, 7) is 0. The highest BCUT2D eigenvalue weighted by atomic mass is 35.5. The van der Waals surface area contributed by atoms with E-state index in [0.717, 1.165) is 4.68 Å². The fourth-order valence-electron chi connectivity index (χ4n) is 2.42. The van der Waals surface area contributed by atoms with E-state index in [9.17, 15) is 18.4 Å². The molecular formula is C17H8Cl2F3N3. The molecule has 0 aliphatic carbocycles. The molecule has 1 heterocycles. The topological polar surface area (TPSA) is 41.6 Å². The number of alkyl halides is 3. The highest BCUT2D eigenvalue weighted by Crippen LogP contribution is 2.42. The summed E-state index contributed by atoms with van der Waals surface area (Å²) < 4.78 is 41.6. The minimum absolute atomic E-state index is 0.00196. The summed E-state index contributed by atoms with van der Waals surface area (Å²) in [5.74, 6) is 0. The molecule has 0 aliphatic heterocycles. The van der Waals surface area contributed by atoms with E-state index in [2.05, 4.69) is 5.10 Å². The van der Waals surface area contributed by atoms with Crippen LogP contribution in [0.5, 0.6) is 0 Å². The van der Waals surface area contributed by atoms with Gasteiger partial charge in [-0.05, 0) is 24.3 Å². The molecule has 0 spiro atoms. The van der Waals surface area contributed by atoms with Gasteiger partial charge in [0.05, 0.1) is 16.3 Å². The normalized spacial score (nSPS) is 11.4. The minimum Gasteiger partial charge on any atom is -0.222 e. The van der Waals surface area contributed by atoms with E-state index in [1.165, 1.54) is 18.2 Å². The van der Waals surface area contributed by atoms with Crippen LogP contribution in [0.15, 0.2) is 48.5 Å². The number of nitriles is 1. The van der Waals surface area contributed by atoms with Crippen LogP contribution in [0.25, 0.3) is 16.8 Å². The second kappa shape index (κ2) is 6.43. The number of hydrogen-bond donors (Lipinski definition) is 0. The lowest BCUT2D eigenvalue weighted by molar-refractivity contribution is -0.140. The molecule has 3 rings (SSSR count). The van der Waals surface area contributed by atoms with Gasteiger partial charge >= 0.3 is 6.18 Å². The molecule has 3 aromatic rings. The highest BCUT2D eigenvalue weighted by Gasteiger charge is 2.40. The van der Waals surface area contributed by atoms with Crippen LogP contribution in [-0.4, -0.2) is 9.78 Å². The Bertz CT molecular complexity index is 973. The number of hydrogen-bond acceptors (Lipinski definition) is 2. The molecule has 0 N–H and O–H groups in total. The molecule has 0 saturated carbocycles. The zero-order valence-corrected chi connectivity index (χ0v) is 13.9. The SMILES string of the molecule is N#Cc1c(-c2ccc(Cl)cc2Cl)c(C(F)(F)F)nn1-c1ccccc1. The van der Waals surface area contributed by atoms with Crippen molar-refractivity contribution in [3.8, 4) is 22.9 Å². The third kappa shape index (κ3) is 3.21. The second-order valence-electron chi connectivity index (χ2n) is 5.05. The van der Waals surface area contributed by atoms with E-state index in [1.807, 2.05) is 0 Å². The molecule has 0 aliphatic rings. The predicted octanol–water partition coefficient (Wildman–Crippen LogP) is 5.74. The molecule has 0 bridgehead atoms. The van der Waals surface area contributed by atoms with Crippen molar-refractivity contribution < 1.29 is 13.2 Å². The van der Waals surface area contributed by atoms with E-state index < -0.39 is 11.9 Å². The van der Waals surface area contributed by atoms with E-state index in [4.69, 9.17) is 23.2 Å². The van der Waals surface area contributed by atoms with Crippen LogP contribution in [0, 0.1) is 11.3 Å². The lowest BCUT2D eigenvalue weighted by Crippen LogP contribution is -2.08. The van der Waals surface area contributed by atoms with Crippen LogP contribution in [0.2, 0.25) is 10.0 Å². The Balaban J connectivity index is 2.37. The lowest BCUT2D eigenvalue weighted by atomic mass is 10.0. The van der Waals surface area contributed by atoms with Crippen molar-refractivity contribution in [1.29, 1.82) is 5.26 Å². The fourth-order valence-corrected chi connectivity index (χ4v) is 2.93. The van der Waals surface area contributed by atoms with E-state index in [1.54, 1.807) is 36.4 Å². The summed E-state index contributed by atoms with van der Waals surface area (Å²) in [6, 6.07) is 14.0. The van der Waals surface area contributed by atoms with Gasteiger partial charge in [0.1, 0.15) is 6.07 Å². The van der Waals surface area contributed by atoms with Gasteiger partial charge in [-0.2, -0.15) is 23.5 Å². The summed E-state index contributed by atoms with van der Waals surface area (Å²) in [4.78, 5) is 0. The molecule has 1 aromatic heterocycles. The monoisotopic (exact) mass is 381 g/mol. The number of aromatic nitrogens is 2. The van der Waals surface area contributed by atoms with Gasteiger partial charge in [0, 0.05) is 10.6 Å². The van der Waals surface area contributed by atoms with Crippen molar-refractivity contribution in [3.63, 3.8) is 0 Å². The van der Waals surface area contributed by atoms with Gasteiger partial charge in [0.15, 0.2) is 11.4 Å². The van der Waals surface area contributed by atoms with Crippen molar-refractivity contribution in [2.24, 2.45) is 0 Å². The van der Waals surface area contributed by atoms with E-state index in [-0.39, 0.29) is 26.9 Å². The highest BCUT2D eigenvalue weighted by molar-refractivity contribution is 6.36. The molecule has 25 heavy (non-hydrogen) atoms. The molecule has 8 heteroatoms. The maximum atomic E-state index is 13.5. The number of halogens is 5. The maximum absolute atomic E-state index is 13.5. The van der Waals surface area contributed by atoms with Crippen LogP contribution in [0.1, 0.15) is 11.4 Å². The standard InChI is InChI=1S/C17H8Cl2F3N3/c18-10-6-7-12(13(19)8-10)15-14(9-23)25(11-4-2-1-3-5-11)24-16(15)17(20,21)22/h1-8H. The summed E-state index contributed by atoms with van der Waals surface area (Å²) in [6.07, 6.45) is -4.76. The zero-order valence-electron chi connectivity index (χ0n) is 12.4. The lowest BCUT2D eigenvalue weighted by Gasteiger charge is -2.08. The summed E-state index contributed by atoms with van der Waals surface area (Å²) in [5.41, 5.74) is -1.45. The molecule has 0 radical (unpaired) electrons. The predicted molar refractivity (Wildman–Crippen MR) is 88.7 cm³/mol. The number of rotatable bonds is 2. The van der Waals surface area contributed by atoms with Crippen molar-refractivity contribution in [3.05, 3.63) is 70.0 Å². The Labute approximate surface area is 150 Å². The summed E-state index contributed by atoms with van der Waals surface area (Å²) >= 11 is 11.9. The first-order chi connectivity index (χ1) is 11.8. The molecule has 126 valence electrons. The van der Waals surface area contributed by atoms with Crippen LogP contribution in [-0.2, 0) is 6.18 Å². The van der Waals surface area contributed by atoms with Gasteiger partial charge in [-0.3, -0.25) is 0 Å².